The summed E-state index contributed by atoms with van der Waals surface area (Å²) in [6.45, 7) is 0.345. The van der Waals surface area contributed by atoms with Crippen LogP contribution in [0.2, 0.25) is 0 Å². The largest absolute Gasteiger partial charge is 0.352 e. The van der Waals surface area contributed by atoms with Crippen molar-refractivity contribution in [1.29, 1.82) is 0 Å². The molecule has 7 nitrogen and oxygen atoms in total. The molecule has 1 aromatic rings. The van der Waals surface area contributed by atoms with Crippen LogP contribution < -0.4 is 16.2 Å². The summed E-state index contributed by atoms with van der Waals surface area (Å²) in [7, 11) is 0. The molecule has 1 aliphatic rings. The Morgan fingerprint density at radius 1 is 1.22 bits per heavy atom. The number of hydrogen-bond acceptors (Lipinski definition) is 4. The molecule has 1 aromatic heterocycles. The average molecular weight is 248 g/mol. The van der Waals surface area contributed by atoms with Crippen LogP contribution in [0, 0.1) is 5.92 Å². The average Bonchev–Trinajstić information content (AvgIpc) is 2.69. The third kappa shape index (κ3) is 2.82. The number of aromatic nitrogens is 1. The van der Waals surface area contributed by atoms with Crippen LogP contribution in [0.3, 0.4) is 0 Å². The quantitative estimate of drug-likeness (QED) is 0.587. The van der Waals surface area contributed by atoms with Gasteiger partial charge in [0.1, 0.15) is 5.92 Å². The molecule has 1 aliphatic heterocycles. The maximum atomic E-state index is 11.6. The van der Waals surface area contributed by atoms with Gasteiger partial charge in [-0.1, -0.05) is 0 Å². The highest BCUT2D eigenvalue weighted by Crippen LogP contribution is 2.07. The van der Waals surface area contributed by atoms with Crippen LogP contribution in [0.5, 0.6) is 0 Å². The first-order valence-corrected chi connectivity index (χ1v) is 5.42. The van der Waals surface area contributed by atoms with E-state index in [0.29, 0.717) is 6.54 Å². The van der Waals surface area contributed by atoms with Crippen molar-refractivity contribution >= 4 is 17.7 Å². The van der Waals surface area contributed by atoms with E-state index in [2.05, 4.69) is 21.2 Å². The van der Waals surface area contributed by atoms with Crippen molar-refractivity contribution in [2.75, 3.05) is 0 Å². The van der Waals surface area contributed by atoms with Gasteiger partial charge in [0, 0.05) is 25.4 Å². The zero-order valence-corrected chi connectivity index (χ0v) is 9.47. The van der Waals surface area contributed by atoms with Crippen LogP contribution in [-0.2, 0) is 20.9 Å². The standard InChI is InChI=1S/C11H12N4O3/c16-9(5-8-10(17)14-15-11(8)18)13-6-7-1-3-12-4-2-7/h1-4,8H,5-6H2,(H,13,16)(H,14,17)(H,15,18). The Morgan fingerprint density at radius 3 is 2.44 bits per heavy atom. The third-order valence-electron chi connectivity index (χ3n) is 2.57. The number of carbonyl (C=O) groups is 3. The predicted molar refractivity (Wildman–Crippen MR) is 60.5 cm³/mol. The van der Waals surface area contributed by atoms with Crippen molar-refractivity contribution in [3.05, 3.63) is 30.1 Å². The number of carbonyl (C=O) groups excluding carboxylic acids is 3. The van der Waals surface area contributed by atoms with E-state index in [1.807, 2.05) is 0 Å². The first-order chi connectivity index (χ1) is 8.66. The number of nitrogens with zero attached hydrogens (tertiary/aromatic N) is 1. The highest BCUT2D eigenvalue weighted by atomic mass is 16.2. The van der Waals surface area contributed by atoms with Crippen LogP contribution in [0.4, 0.5) is 0 Å². The molecule has 0 aliphatic carbocycles. The lowest BCUT2D eigenvalue weighted by atomic mass is 10.1. The first-order valence-electron chi connectivity index (χ1n) is 5.42. The summed E-state index contributed by atoms with van der Waals surface area (Å²) in [5.41, 5.74) is 5.25. The minimum Gasteiger partial charge on any atom is -0.352 e. The van der Waals surface area contributed by atoms with Crippen molar-refractivity contribution in [3.63, 3.8) is 0 Å². The number of hydrogen-bond donors (Lipinski definition) is 3. The summed E-state index contributed by atoms with van der Waals surface area (Å²) in [5.74, 6) is -2.23. The molecule has 94 valence electrons. The molecule has 7 heteroatoms. The fourth-order valence-electron chi connectivity index (χ4n) is 1.56. The number of hydrazine groups is 1. The summed E-state index contributed by atoms with van der Waals surface area (Å²) in [4.78, 5) is 37.9. The molecule has 0 unspecified atom stereocenters. The van der Waals surface area contributed by atoms with Crippen LogP contribution >= 0.6 is 0 Å². The SMILES string of the molecule is O=C(CC1C(=O)NNC1=O)NCc1ccncc1. The molecule has 1 saturated heterocycles. The van der Waals surface area contributed by atoms with Gasteiger partial charge in [0.05, 0.1) is 0 Å². The van der Waals surface area contributed by atoms with E-state index in [9.17, 15) is 14.4 Å². The fraction of sp³-hybridized carbons (Fsp3) is 0.273. The normalized spacial score (nSPS) is 15.1. The number of amides is 3. The molecule has 18 heavy (non-hydrogen) atoms. The lowest BCUT2D eigenvalue weighted by Crippen LogP contribution is -2.30. The zero-order chi connectivity index (χ0) is 13.0. The minimum absolute atomic E-state index is 0.150. The van der Waals surface area contributed by atoms with Gasteiger partial charge in [0.25, 0.3) is 11.8 Å². The Labute approximate surface area is 103 Å². The van der Waals surface area contributed by atoms with Gasteiger partial charge in [-0.05, 0) is 17.7 Å². The lowest BCUT2D eigenvalue weighted by Gasteiger charge is -2.06. The molecule has 0 aromatic carbocycles. The Bertz CT molecular complexity index is 458. The monoisotopic (exact) mass is 248 g/mol. The molecule has 2 rings (SSSR count). The van der Waals surface area contributed by atoms with Gasteiger partial charge in [0.2, 0.25) is 5.91 Å². The molecule has 3 N–H and O–H groups in total. The van der Waals surface area contributed by atoms with Crippen LogP contribution in [0.25, 0.3) is 0 Å². The Morgan fingerprint density at radius 2 is 1.83 bits per heavy atom. The maximum absolute atomic E-state index is 11.6. The third-order valence-corrected chi connectivity index (χ3v) is 2.57. The fourth-order valence-corrected chi connectivity index (χ4v) is 1.56. The van der Waals surface area contributed by atoms with E-state index in [0.717, 1.165) is 5.56 Å². The van der Waals surface area contributed by atoms with Gasteiger partial charge in [0.15, 0.2) is 0 Å². The summed E-state index contributed by atoms with van der Waals surface area (Å²) >= 11 is 0. The molecule has 0 atom stereocenters. The topological polar surface area (TPSA) is 100 Å². The molecule has 3 amide bonds. The molecule has 0 spiro atoms. The molecule has 0 saturated carbocycles. The maximum Gasteiger partial charge on any atom is 0.251 e. The predicted octanol–water partition coefficient (Wildman–Crippen LogP) is -1.13. The molecule has 0 radical (unpaired) electrons. The van der Waals surface area contributed by atoms with Crippen molar-refractivity contribution in [2.45, 2.75) is 13.0 Å². The van der Waals surface area contributed by atoms with Crippen molar-refractivity contribution in [3.8, 4) is 0 Å². The molecular formula is C11H12N4O3. The molecular weight excluding hydrogens is 236 g/mol. The second-order valence-corrected chi connectivity index (χ2v) is 3.87. The van der Waals surface area contributed by atoms with Crippen LogP contribution in [0.15, 0.2) is 24.5 Å². The van der Waals surface area contributed by atoms with Gasteiger partial charge in [-0.2, -0.15) is 0 Å². The first kappa shape index (κ1) is 12.0. The van der Waals surface area contributed by atoms with Gasteiger partial charge < -0.3 is 5.32 Å². The van der Waals surface area contributed by atoms with E-state index >= 15 is 0 Å². The van der Waals surface area contributed by atoms with Gasteiger partial charge in [-0.3, -0.25) is 30.2 Å². The summed E-state index contributed by atoms with van der Waals surface area (Å²) in [6.07, 6.45) is 3.10. The van der Waals surface area contributed by atoms with E-state index in [-0.39, 0.29) is 12.3 Å². The Balaban J connectivity index is 1.82. The van der Waals surface area contributed by atoms with Gasteiger partial charge in [-0.15, -0.1) is 0 Å². The summed E-state index contributed by atoms with van der Waals surface area (Å²) < 4.78 is 0. The van der Waals surface area contributed by atoms with Crippen molar-refractivity contribution in [1.82, 2.24) is 21.2 Å². The second kappa shape index (κ2) is 5.26. The van der Waals surface area contributed by atoms with E-state index in [4.69, 9.17) is 0 Å². The highest BCUT2D eigenvalue weighted by Gasteiger charge is 2.34. The van der Waals surface area contributed by atoms with E-state index < -0.39 is 17.7 Å². The van der Waals surface area contributed by atoms with Gasteiger partial charge >= 0.3 is 0 Å². The Hall–Kier alpha value is -2.44. The summed E-state index contributed by atoms with van der Waals surface area (Å²) in [6, 6.07) is 3.55. The highest BCUT2D eigenvalue weighted by molar-refractivity contribution is 6.07. The lowest BCUT2D eigenvalue weighted by molar-refractivity contribution is -0.133. The van der Waals surface area contributed by atoms with Gasteiger partial charge in [-0.25, -0.2) is 0 Å². The van der Waals surface area contributed by atoms with E-state index in [1.165, 1.54) is 0 Å². The van der Waals surface area contributed by atoms with E-state index in [1.54, 1.807) is 24.5 Å². The second-order valence-electron chi connectivity index (χ2n) is 3.87. The van der Waals surface area contributed by atoms with Crippen molar-refractivity contribution < 1.29 is 14.4 Å². The number of rotatable bonds is 4. The molecule has 1 fully saturated rings. The molecule has 0 bridgehead atoms. The zero-order valence-electron chi connectivity index (χ0n) is 9.47. The smallest absolute Gasteiger partial charge is 0.251 e. The minimum atomic E-state index is -0.942. The number of pyridine rings is 1. The van der Waals surface area contributed by atoms with Crippen molar-refractivity contribution in [2.24, 2.45) is 5.92 Å². The van der Waals surface area contributed by atoms with Crippen LogP contribution in [-0.4, -0.2) is 22.7 Å². The molecule has 2 heterocycles. The Kier molecular flexibility index (Phi) is 3.52. The van der Waals surface area contributed by atoms with Crippen LogP contribution in [0.1, 0.15) is 12.0 Å². The summed E-state index contributed by atoms with van der Waals surface area (Å²) in [5, 5.41) is 2.64. The number of nitrogens with one attached hydrogen (secondary N) is 3.